The Bertz CT molecular complexity index is 245. The second kappa shape index (κ2) is 6.62. The summed E-state index contributed by atoms with van der Waals surface area (Å²) in [5.74, 6) is 0. The molecule has 0 radical (unpaired) electrons. The fourth-order valence-electron chi connectivity index (χ4n) is 1.27. The van der Waals surface area contributed by atoms with Gasteiger partial charge in [-0.15, -0.1) is 0 Å². The first-order chi connectivity index (χ1) is 6.86. The highest BCUT2D eigenvalue weighted by Crippen LogP contribution is 1.99. The lowest BCUT2D eigenvalue weighted by Gasteiger charge is -2.04. The van der Waals surface area contributed by atoms with E-state index in [-0.39, 0.29) is 0 Å². The van der Waals surface area contributed by atoms with Crippen molar-refractivity contribution in [2.45, 2.75) is 32.9 Å². The maximum atomic E-state index is 5.51. The molecule has 1 heterocycles. The van der Waals surface area contributed by atoms with Crippen LogP contribution in [0.4, 0.5) is 0 Å². The van der Waals surface area contributed by atoms with E-state index in [0.29, 0.717) is 6.54 Å². The summed E-state index contributed by atoms with van der Waals surface area (Å²) in [6.45, 7) is 5.37. The molecule has 3 heteroatoms. The number of aromatic nitrogens is 1. The molecule has 1 aromatic rings. The predicted molar refractivity (Wildman–Crippen MR) is 58.1 cm³/mol. The summed E-state index contributed by atoms with van der Waals surface area (Å²) in [4.78, 5) is 0. The highest BCUT2D eigenvalue weighted by molar-refractivity contribution is 5.09. The third kappa shape index (κ3) is 3.94. The van der Waals surface area contributed by atoms with Crippen LogP contribution in [0.25, 0.3) is 0 Å². The fraction of sp³-hybridized carbons (Fsp3) is 0.636. The lowest BCUT2D eigenvalue weighted by atomic mass is 10.3. The Morgan fingerprint density at radius 3 is 2.93 bits per heavy atom. The minimum Gasteiger partial charge on any atom is -0.380 e. The minimum atomic E-state index is 0.615. The zero-order chi connectivity index (χ0) is 10.2. The molecular weight excluding hydrogens is 176 g/mol. The monoisotopic (exact) mass is 196 g/mol. The average molecular weight is 196 g/mol. The number of nitrogens with zero attached hydrogens (tertiary/aromatic N) is 1. The van der Waals surface area contributed by atoms with E-state index in [0.717, 1.165) is 26.2 Å². The third-order valence-corrected chi connectivity index (χ3v) is 2.18. The van der Waals surface area contributed by atoms with E-state index in [1.807, 2.05) is 12.3 Å². The highest BCUT2D eigenvalue weighted by Gasteiger charge is 1.94. The molecule has 0 bridgehead atoms. The van der Waals surface area contributed by atoms with Crippen LogP contribution in [-0.4, -0.2) is 17.8 Å². The quantitative estimate of drug-likeness (QED) is 0.675. The molecule has 0 saturated carbocycles. The lowest BCUT2D eigenvalue weighted by Crippen LogP contribution is -2.05. The van der Waals surface area contributed by atoms with E-state index >= 15 is 0 Å². The zero-order valence-corrected chi connectivity index (χ0v) is 8.91. The number of rotatable bonds is 7. The van der Waals surface area contributed by atoms with Crippen LogP contribution in [0.1, 0.15) is 25.3 Å². The van der Waals surface area contributed by atoms with E-state index < -0.39 is 0 Å². The Kier molecular flexibility index (Phi) is 5.33. The number of ether oxygens (including phenoxy) is 1. The molecule has 0 aliphatic heterocycles. The second-order valence-electron chi connectivity index (χ2n) is 3.43. The smallest absolute Gasteiger partial charge is 0.0645 e. The molecule has 2 N–H and O–H groups in total. The largest absolute Gasteiger partial charge is 0.380 e. The Hall–Kier alpha value is -0.800. The van der Waals surface area contributed by atoms with Crippen molar-refractivity contribution in [1.29, 1.82) is 0 Å². The molecule has 1 aromatic heterocycles. The van der Waals surface area contributed by atoms with Crippen molar-refractivity contribution in [3.05, 3.63) is 24.0 Å². The van der Waals surface area contributed by atoms with Gasteiger partial charge >= 0.3 is 0 Å². The average Bonchev–Trinajstić information content (AvgIpc) is 2.65. The van der Waals surface area contributed by atoms with Crippen LogP contribution < -0.4 is 5.73 Å². The molecule has 1 rings (SSSR count). The van der Waals surface area contributed by atoms with Crippen molar-refractivity contribution in [2.75, 3.05) is 13.2 Å². The normalized spacial score (nSPS) is 10.7. The van der Waals surface area contributed by atoms with Crippen LogP contribution in [0.3, 0.4) is 0 Å². The van der Waals surface area contributed by atoms with E-state index in [1.165, 1.54) is 12.0 Å². The van der Waals surface area contributed by atoms with Crippen molar-refractivity contribution in [3.63, 3.8) is 0 Å². The predicted octanol–water partition coefficient (Wildman–Crippen LogP) is 1.76. The first-order valence-corrected chi connectivity index (χ1v) is 5.29. The van der Waals surface area contributed by atoms with Gasteiger partial charge < -0.3 is 15.0 Å². The SMILES string of the molecule is CCCCOCCn1ccc(CN)c1. The molecule has 0 saturated heterocycles. The second-order valence-corrected chi connectivity index (χ2v) is 3.43. The van der Waals surface area contributed by atoms with E-state index in [2.05, 4.69) is 17.7 Å². The van der Waals surface area contributed by atoms with Gasteiger partial charge in [-0.2, -0.15) is 0 Å². The van der Waals surface area contributed by atoms with Crippen LogP contribution in [-0.2, 0) is 17.8 Å². The van der Waals surface area contributed by atoms with Crippen molar-refractivity contribution >= 4 is 0 Å². The third-order valence-electron chi connectivity index (χ3n) is 2.18. The van der Waals surface area contributed by atoms with Crippen molar-refractivity contribution in [1.82, 2.24) is 4.57 Å². The maximum absolute atomic E-state index is 5.51. The van der Waals surface area contributed by atoms with Gasteiger partial charge in [0.2, 0.25) is 0 Å². The Balaban J connectivity index is 2.12. The number of nitrogens with two attached hydrogens (primary N) is 1. The van der Waals surface area contributed by atoms with Gasteiger partial charge in [0.1, 0.15) is 0 Å². The van der Waals surface area contributed by atoms with Gasteiger partial charge in [-0.05, 0) is 18.1 Å². The lowest BCUT2D eigenvalue weighted by molar-refractivity contribution is 0.123. The Morgan fingerprint density at radius 2 is 2.29 bits per heavy atom. The first-order valence-electron chi connectivity index (χ1n) is 5.29. The zero-order valence-electron chi connectivity index (χ0n) is 8.91. The first kappa shape index (κ1) is 11.3. The van der Waals surface area contributed by atoms with Gasteiger partial charge in [0.25, 0.3) is 0 Å². The van der Waals surface area contributed by atoms with Crippen LogP contribution in [0.2, 0.25) is 0 Å². The number of unbranched alkanes of at least 4 members (excludes halogenated alkanes) is 1. The van der Waals surface area contributed by atoms with Crippen LogP contribution in [0.5, 0.6) is 0 Å². The summed E-state index contributed by atoms with van der Waals surface area (Å²) in [6, 6.07) is 2.05. The van der Waals surface area contributed by atoms with Crippen molar-refractivity contribution in [3.8, 4) is 0 Å². The summed E-state index contributed by atoms with van der Waals surface area (Å²) in [5, 5.41) is 0. The molecule has 0 aliphatic carbocycles. The minimum absolute atomic E-state index is 0.615. The van der Waals surface area contributed by atoms with Gasteiger partial charge in [0.05, 0.1) is 6.61 Å². The van der Waals surface area contributed by atoms with Gasteiger partial charge in [0, 0.05) is 32.1 Å². The van der Waals surface area contributed by atoms with Gasteiger partial charge in [-0.3, -0.25) is 0 Å². The molecule has 0 spiro atoms. The topological polar surface area (TPSA) is 40.2 Å². The molecule has 3 nitrogen and oxygen atoms in total. The van der Waals surface area contributed by atoms with Gasteiger partial charge in [-0.25, -0.2) is 0 Å². The summed E-state index contributed by atoms with van der Waals surface area (Å²) < 4.78 is 7.59. The van der Waals surface area contributed by atoms with Gasteiger partial charge in [-0.1, -0.05) is 13.3 Å². The summed E-state index contributed by atoms with van der Waals surface area (Å²) in [7, 11) is 0. The van der Waals surface area contributed by atoms with Crippen molar-refractivity contribution < 1.29 is 4.74 Å². The number of hydrogen-bond donors (Lipinski definition) is 1. The molecule has 0 atom stereocenters. The highest BCUT2D eigenvalue weighted by atomic mass is 16.5. The molecule has 0 amide bonds. The molecule has 80 valence electrons. The fourth-order valence-corrected chi connectivity index (χ4v) is 1.27. The van der Waals surface area contributed by atoms with Crippen molar-refractivity contribution in [2.24, 2.45) is 5.73 Å². The van der Waals surface area contributed by atoms with E-state index in [1.54, 1.807) is 0 Å². The Morgan fingerprint density at radius 1 is 1.43 bits per heavy atom. The summed E-state index contributed by atoms with van der Waals surface area (Å²) in [5.41, 5.74) is 6.69. The van der Waals surface area contributed by atoms with Gasteiger partial charge in [0.15, 0.2) is 0 Å². The Labute approximate surface area is 85.9 Å². The molecule has 14 heavy (non-hydrogen) atoms. The van der Waals surface area contributed by atoms with Crippen LogP contribution in [0.15, 0.2) is 18.5 Å². The summed E-state index contributed by atoms with van der Waals surface area (Å²) >= 11 is 0. The maximum Gasteiger partial charge on any atom is 0.0645 e. The standard InChI is InChI=1S/C11H20N2O/c1-2-3-7-14-8-6-13-5-4-11(9-12)10-13/h4-5,10H,2-3,6-9,12H2,1H3. The van der Waals surface area contributed by atoms with Crippen LogP contribution in [0, 0.1) is 0 Å². The molecule has 0 fully saturated rings. The van der Waals surface area contributed by atoms with E-state index in [9.17, 15) is 0 Å². The molecule has 0 unspecified atom stereocenters. The molecule has 0 aliphatic rings. The molecular formula is C11H20N2O. The van der Waals surface area contributed by atoms with E-state index in [4.69, 9.17) is 10.5 Å². The molecule has 0 aromatic carbocycles. The van der Waals surface area contributed by atoms with Crippen LogP contribution >= 0.6 is 0 Å². The summed E-state index contributed by atoms with van der Waals surface area (Å²) in [6.07, 6.45) is 6.47. The number of hydrogen-bond acceptors (Lipinski definition) is 2.